The van der Waals surface area contributed by atoms with E-state index in [1.54, 1.807) is 42.6 Å². The lowest BCUT2D eigenvalue weighted by Crippen LogP contribution is -2.17. The van der Waals surface area contributed by atoms with E-state index in [4.69, 9.17) is 39.5 Å². The molecule has 9 heteroatoms. The number of halogens is 5. The van der Waals surface area contributed by atoms with Crippen molar-refractivity contribution in [2.24, 2.45) is 5.10 Å². The highest BCUT2D eigenvalue weighted by molar-refractivity contribution is 14.1. The summed E-state index contributed by atoms with van der Waals surface area (Å²) in [4.78, 5) is 12.1. The molecule has 0 aliphatic heterocycles. The van der Waals surface area contributed by atoms with Crippen LogP contribution in [0.1, 0.15) is 21.5 Å². The van der Waals surface area contributed by atoms with Crippen LogP contribution >= 0.6 is 80.0 Å². The van der Waals surface area contributed by atoms with E-state index < -0.39 is 0 Å². The molecule has 0 bridgehead atoms. The molecule has 4 nitrogen and oxygen atoms in total. The lowest BCUT2D eigenvalue weighted by atomic mass is 10.2. The fraction of sp³-hybridized carbons (Fsp3) is 0.0476. The molecular weight excluding hydrogens is 672 g/mol. The summed E-state index contributed by atoms with van der Waals surface area (Å²) in [6, 6.07) is 15.7. The largest absolute Gasteiger partial charge is 0.487 e. The van der Waals surface area contributed by atoms with Crippen molar-refractivity contribution in [2.45, 2.75) is 6.61 Å². The molecule has 1 amide bonds. The van der Waals surface area contributed by atoms with Gasteiger partial charge < -0.3 is 4.74 Å². The minimum absolute atomic E-state index is 0.313. The van der Waals surface area contributed by atoms with E-state index in [0.717, 1.165) is 24.0 Å². The van der Waals surface area contributed by atoms with Crippen LogP contribution in [0.15, 0.2) is 59.7 Å². The molecule has 0 heterocycles. The van der Waals surface area contributed by atoms with Crippen molar-refractivity contribution in [1.82, 2.24) is 5.43 Å². The van der Waals surface area contributed by atoms with Gasteiger partial charge in [-0.15, -0.1) is 0 Å². The molecule has 0 unspecified atom stereocenters. The summed E-state index contributed by atoms with van der Waals surface area (Å²) >= 11 is 22.4. The Labute approximate surface area is 216 Å². The topological polar surface area (TPSA) is 50.7 Å². The Morgan fingerprint density at radius 3 is 2.23 bits per heavy atom. The zero-order valence-corrected chi connectivity index (χ0v) is 21.7. The smallest absolute Gasteiger partial charge is 0.271 e. The van der Waals surface area contributed by atoms with Crippen molar-refractivity contribution < 1.29 is 9.53 Å². The van der Waals surface area contributed by atoms with Gasteiger partial charge in [-0.25, -0.2) is 5.43 Å². The van der Waals surface area contributed by atoms with E-state index >= 15 is 0 Å². The summed E-state index contributed by atoms with van der Waals surface area (Å²) in [5.74, 6) is 0.441. The van der Waals surface area contributed by atoms with Crippen molar-refractivity contribution in [2.75, 3.05) is 0 Å². The predicted molar refractivity (Wildman–Crippen MR) is 139 cm³/mol. The minimum atomic E-state index is -0.313. The van der Waals surface area contributed by atoms with Crippen LogP contribution in [0.4, 0.5) is 0 Å². The highest BCUT2D eigenvalue weighted by atomic mass is 127. The molecule has 0 saturated carbocycles. The highest BCUT2D eigenvalue weighted by Gasteiger charge is 2.10. The molecule has 0 aliphatic carbocycles. The maximum atomic E-state index is 12.1. The summed E-state index contributed by atoms with van der Waals surface area (Å²) in [7, 11) is 0. The number of hydrazone groups is 1. The molecule has 0 fully saturated rings. The number of ether oxygens (including phenoxy) is 1. The second-order valence-corrected chi connectivity index (χ2v) is 9.65. The average molecular weight is 686 g/mol. The average Bonchev–Trinajstić information content (AvgIpc) is 2.69. The Kier molecular flexibility index (Phi) is 8.64. The number of nitrogens with zero attached hydrogens (tertiary/aromatic N) is 1. The third kappa shape index (κ3) is 6.46. The summed E-state index contributed by atoms with van der Waals surface area (Å²) in [6.07, 6.45) is 1.58. The lowest BCUT2D eigenvalue weighted by Gasteiger charge is -2.12. The SMILES string of the molecule is O=C(N/N=C\c1cc(I)c(OCc2ccc(Cl)cc2Cl)c(I)c1)c1ccc(Cl)cc1. The van der Waals surface area contributed by atoms with Gasteiger partial charge in [0.05, 0.1) is 13.4 Å². The number of amides is 1. The van der Waals surface area contributed by atoms with Crippen LogP contribution < -0.4 is 10.2 Å². The van der Waals surface area contributed by atoms with Gasteiger partial charge in [-0.3, -0.25) is 4.79 Å². The summed E-state index contributed by atoms with van der Waals surface area (Å²) < 4.78 is 7.80. The first kappa shape index (κ1) is 23.6. The van der Waals surface area contributed by atoms with E-state index in [1.807, 2.05) is 18.2 Å². The van der Waals surface area contributed by atoms with Crippen LogP contribution in [0.25, 0.3) is 0 Å². The zero-order valence-electron chi connectivity index (χ0n) is 15.1. The van der Waals surface area contributed by atoms with Gasteiger partial charge in [-0.2, -0.15) is 5.10 Å². The first-order valence-electron chi connectivity index (χ1n) is 8.48. The van der Waals surface area contributed by atoms with Crippen LogP contribution in [-0.2, 0) is 6.61 Å². The number of rotatable bonds is 6. The highest BCUT2D eigenvalue weighted by Crippen LogP contribution is 2.30. The maximum absolute atomic E-state index is 12.1. The molecule has 154 valence electrons. The molecule has 0 spiro atoms. The van der Waals surface area contributed by atoms with Gasteiger partial charge >= 0.3 is 0 Å². The lowest BCUT2D eigenvalue weighted by molar-refractivity contribution is 0.0955. The second-order valence-electron chi connectivity index (χ2n) is 6.04. The number of nitrogens with one attached hydrogen (secondary N) is 1. The zero-order chi connectivity index (χ0) is 21.7. The van der Waals surface area contributed by atoms with E-state index in [1.165, 1.54) is 0 Å². The van der Waals surface area contributed by atoms with E-state index in [-0.39, 0.29) is 5.91 Å². The third-order valence-electron chi connectivity index (χ3n) is 3.89. The van der Waals surface area contributed by atoms with Gasteiger partial charge in [0.15, 0.2) is 0 Å². The monoisotopic (exact) mass is 684 g/mol. The van der Waals surface area contributed by atoms with Crippen molar-refractivity contribution in [3.8, 4) is 5.75 Å². The van der Waals surface area contributed by atoms with E-state index in [9.17, 15) is 4.79 Å². The Balaban J connectivity index is 1.65. The van der Waals surface area contributed by atoms with E-state index in [0.29, 0.717) is 27.2 Å². The molecule has 0 atom stereocenters. The van der Waals surface area contributed by atoms with Gasteiger partial charge in [0.25, 0.3) is 5.91 Å². The quantitative estimate of drug-likeness (QED) is 0.170. The minimum Gasteiger partial charge on any atom is -0.487 e. The van der Waals surface area contributed by atoms with Crippen molar-refractivity contribution in [3.05, 3.63) is 93.5 Å². The van der Waals surface area contributed by atoms with Gasteiger partial charge in [0, 0.05) is 26.2 Å². The van der Waals surface area contributed by atoms with Gasteiger partial charge in [0.2, 0.25) is 0 Å². The molecule has 0 saturated heterocycles. The molecular formula is C21H13Cl3I2N2O2. The summed E-state index contributed by atoms with van der Waals surface area (Å²) in [5.41, 5.74) is 4.66. The van der Waals surface area contributed by atoms with Gasteiger partial charge in [-0.05, 0) is 99.3 Å². The molecule has 0 radical (unpaired) electrons. The summed E-state index contributed by atoms with van der Waals surface area (Å²) in [5, 5.41) is 5.75. The predicted octanol–water partition coefficient (Wildman–Crippen LogP) is 7.20. The first-order valence-corrected chi connectivity index (χ1v) is 11.8. The number of carbonyl (C=O) groups excluding carboxylic acids is 1. The van der Waals surface area contributed by atoms with Crippen LogP contribution in [0.2, 0.25) is 15.1 Å². The molecule has 3 aromatic rings. The normalized spacial score (nSPS) is 11.0. The number of hydrogen-bond acceptors (Lipinski definition) is 3. The van der Waals surface area contributed by atoms with Gasteiger partial charge in [0.1, 0.15) is 12.4 Å². The first-order chi connectivity index (χ1) is 14.3. The van der Waals surface area contributed by atoms with Crippen molar-refractivity contribution in [3.63, 3.8) is 0 Å². The number of hydrogen-bond donors (Lipinski definition) is 1. The molecule has 3 aromatic carbocycles. The molecule has 1 N–H and O–H groups in total. The molecule has 0 aliphatic rings. The molecule has 0 aromatic heterocycles. The Morgan fingerprint density at radius 2 is 1.60 bits per heavy atom. The van der Waals surface area contributed by atoms with Crippen LogP contribution in [0.5, 0.6) is 5.75 Å². The second kappa shape index (κ2) is 11.0. The molecule has 30 heavy (non-hydrogen) atoms. The third-order valence-corrected chi connectivity index (χ3v) is 6.34. The van der Waals surface area contributed by atoms with Crippen LogP contribution in [0.3, 0.4) is 0 Å². The van der Waals surface area contributed by atoms with Crippen molar-refractivity contribution in [1.29, 1.82) is 0 Å². The van der Waals surface area contributed by atoms with Crippen LogP contribution in [-0.4, -0.2) is 12.1 Å². The maximum Gasteiger partial charge on any atom is 0.271 e. The number of benzene rings is 3. The fourth-order valence-electron chi connectivity index (χ4n) is 2.41. The van der Waals surface area contributed by atoms with Gasteiger partial charge in [-0.1, -0.05) is 40.9 Å². The Hall–Kier alpha value is -1.07. The number of carbonyl (C=O) groups is 1. The fourth-order valence-corrected chi connectivity index (χ4v) is 5.13. The van der Waals surface area contributed by atoms with E-state index in [2.05, 4.69) is 55.7 Å². The molecule has 3 rings (SSSR count). The Bertz CT molecular complexity index is 1080. The van der Waals surface area contributed by atoms with Crippen LogP contribution in [0, 0.1) is 7.14 Å². The van der Waals surface area contributed by atoms with Crippen molar-refractivity contribution >= 4 is 92.1 Å². The standard InChI is InChI=1S/C21H13Cl3I2N2O2/c22-15-4-1-13(2-5-15)21(29)28-27-10-12-7-18(25)20(19(26)8-12)30-11-14-3-6-16(23)9-17(14)24/h1-10H,11H2,(H,28,29)/b27-10-. The Morgan fingerprint density at radius 1 is 0.967 bits per heavy atom. The summed E-state index contributed by atoms with van der Waals surface area (Å²) in [6.45, 7) is 0.326.